The summed E-state index contributed by atoms with van der Waals surface area (Å²) in [5, 5.41) is 4.23. The van der Waals surface area contributed by atoms with E-state index in [1.165, 1.54) is 0 Å². The number of amides is 2. The minimum absolute atomic E-state index is 0.154. The smallest absolute Gasteiger partial charge is 0.416 e. The maximum absolute atomic E-state index is 12.6. The van der Waals surface area contributed by atoms with Gasteiger partial charge in [-0.05, 0) is 30.4 Å². The summed E-state index contributed by atoms with van der Waals surface area (Å²) in [6, 6.07) is 8.30. The quantitative estimate of drug-likeness (QED) is 0.313. The number of nitrogens with zero attached hydrogens (tertiary/aromatic N) is 4. The molecule has 1 saturated heterocycles. The number of cyclic esters (lactones) is 1. The lowest BCUT2D eigenvalue weighted by molar-refractivity contribution is -0.130. The van der Waals surface area contributed by atoms with Gasteiger partial charge >= 0.3 is 6.09 Å². The molecule has 1 fully saturated rings. The highest BCUT2D eigenvalue weighted by atomic mass is 79.9. The van der Waals surface area contributed by atoms with Crippen LogP contribution in [0.5, 0.6) is 0 Å². The van der Waals surface area contributed by atoms with Crippen LogP contribution in [0.3, 0.4) is 0 Å². The van der Waals surface area contributed by atoms with E-state index in [0.717, 1.165) is 10.5 Å². The summed E-state index contributed by atoms with van der Waals surface area (Å²) >= 11 is 3.28. The van der Waals surface area contributed by atoms with Crippen LogP contribution in [0.1, 0.15) is 18.4 Å². The average molecular weight is 381 g/mol. The standard InChI is InChI=1S/C15H17BrN4O3/c16-8-4-7-13(18-19-17)14(21)20-12(10-23-15(20)22)9-11-5-2-1-3-6-11/h1-3,5-6,12-13H,4,7-10H2/t12-,13-/m0/s1. The van der Waals surface area contributed by atoms with Crippen molar-refractivity contribution in [1.29, 1.82) is 0 Å². The van der Waals surface area contributed by atoms with Gasteiger partial charge in [0.25, 0.3) is 0 Å². The zero-order chi connectivity index (χ0) is 16.7. The number of hydrogen-bond acceptors (Lipinski definition) is 4. The van der Waals surface area contributed by atoms with Crippen molar-refractivity contribution in [3.63, 3.8) is 0 Å². The summed E-state index contributed by atoms with van der Waals surface area (Å²) < 4.78 is 5.03. The van der Waals surface area contributed by atoms with E-state index < -0.39 is 18.0 Å². The van der Waals surface area contributed by atoms with Crippen LogP contribution in [0, 0.1) is 0 Å². The Morgan fingerprint density at radius 2 is 2.22 bits per heavy atom. The van der Waals surface area contributed by atoms with Gasteiger partial charge < -0.3 is 4.74 Å². The summed E-state index contributed by atoms with van der Waals surface area (Å²) in [7, 11) is 0. The largest absolute Gasteiger partial charge is 0.447 e. The monoisotopic (exact) mass is 380 g/mol. The van der Waals surface area contributed by atoms with Crippen LogP contribution < -0.4 is 0 Å². The Morgan fingerprint density at radius 3 is 2.87 bits per heavy atom. The molecule has 1 heterocycles. The second-order valence-corrected chi connectivity index (χ2v) is 5.97. The van der Waals surface area contributed by atoms with Crippen LogP contribution >= 0.6 is 15.9 Å². The second-order valence-electron chi connectivity index (χ2n) is 5.18. The van der Waals surface area contributed by atoms with Crippen molar-refractivity contribution in [2.45, 2.75) is 31.3 Å². The number of azide groups is 1. The summed E-state index contributed by atoms with van der Waals surface area (Å²) in [6.07, 6.45) is 0.894. The van der Waals surface area contributed by atoms with Crippen molar-refractivity contribution >= 4 is 27.9 Å². The summed E-state index contributed by atoms with van der Waals surface area (Å²) in [4.78, 5) is 28.4. The molecule has 0 bridgehead atoms. The molecule has 8 heteroatoms. The molecule has 1 aliphatic heterocycles. The third kappa shape index (κ3) is 4.46. The fraction of sp³-hybridized carbons (Fsp3) is 0.467. The van der Waals surface area contributed by atoms with Gasteiger partial charge in [0.15, 0.2) is 0 Å². The Hall–Kier alpha value is -2.05. The first-order chi connectivity index (χ1) is 11.2. The van der Waals surface area contributed by atoms with Gasteiger partial charge in [0.1, 0.15) is 12.6 Å². The number of imide groups is 1. The maximum Gasteiger partial charge on any atom is 0.416 e. The average Bonchev–Trinajstić information content (AvgIpc) is 2.92. The van der Waals surface area contributed by atoms with E-state index >= 15 is 0 Å². The Bertz CT molecular complexity index is 604. The minimum Gasteiger partial charge on any atom is -0.447 e. The number of alkyl halides is 1. The normalized spacial score (nSPS) is 18.2. The topological polar surface area (TPSA) is 95.4 Å². The molecule has 122 valence electrons. The molecule has 0 saturated carbocycles. The first kappa shape index (κ1) is 17.3. The molecule has 0 aliphatic carbocycles. The van der Waals surface area contributed by atoms with Crippen molar-refractivity contribution in [2.24, 2.45) is 5.11 Å². The van der Waals surface area contributed by atoms with Crippen LogP contribution in [-0.2, 0) is 16.0 Å². The lowest BCUT2D eigenvalue weighted by Crippen LogP contribution is -2.45. The number of carbonyl (C=O) groups excluding carboxylic acids is 2. The van der Waals surface area contributed by atoms with E-state index in [9.17, 15) is 9.59 Å². The molecular weight excluding hydrogens is 364 g/mol. The molecule has 0 spiro atoms. The van der Waals surface area contributed by atoms with Crippen molar-refractivity contribution in [2.75, 3.05) is 11.9 Å². The molecule has 2 rings (SSSR count). The molecule has 23 heavy (non-hydrogen) atoms. The van der Waals surface area contributed by atoms with E-state index in [-0.39, 0.29) is 12.6 Å². The van der Waals surface area contributed by atoms with Gasteiger partial charge in [-0.3, -0.25) is 4.79 Å². The Morgan fingerprint density at radius 1 is 1.48 bits per heavy atom. The highest BCUT2D eigenvalue weighted by Gasteiger charge is 2.40. The molecular formula is C15H17BrN4O3. The van der Waals surface area contributed by atoms with Crippen LogP contribution in [0.15, 0.2) is 35.4 Å². The lowest BCUT2D eigenvalue weighted by Gasteiger charge is -2.22. The third-order valence-electron chi connectivity index (χ3n) is 3.60. The molecule has 7 nitrogen and oxygen atoms in total. The zero-order valence-corrected chi connectivity index (χ0v) is 14.1. The highest BCUT2D eigenvalue weighted by molar-refractivity contribution is 9.09. The SMILES string of the molecule is [N-]=[N+]=N[C@@H](CCCBr)C(=O)N1C(=O)OC[C@@H]1Cc1ccccc1. The van der Waals surface area contributed by atoms with Crippen molar-refractivity contribution in [3.05, 3.63) is 46.3 Å². The van der Waals surface area contributed by atoms with Gasteiger partial charge in [-0.25, -0.2) is 9.69 Å². The summed E-state index contributed by atoms with van der Waals surface area (Å²) in [5.74, 6) is -0.493. The number of benzene rings is 1. The molecule has 0 unspecified atom stereocenters. The third-order valence-corrected chi connectivity index (χ3v) is 4.16. The minimum atomic E-state index is -0.888. The lowest BCUT2D eigenvalue weighted by atomic mass is 10.0. The molecule has 0 N–H and O–H groups in total. The van der Waals surface area contributed by atoms with Crippen molar-refractivity contribution in [3.8, 4) is 0 Å². The van der Waals surface area contributed by atoms with Gasteiger partial charge in [-0.2, -0.15) is 0 Å². The van der Waals surface area contributed by atoms with E-state index in [0.29, 0.717) is 24.6 Å². The number of ether oxygens (including phenoxy) is 1. The van der Waals surface area contributed by atoms with Crippen molar-refractivity contribution in [1.82, 2.24) is 4.90 Å². The first-order valence-corrected chi connectivity index (χ1v) is 8.43. The summed E-state index contributed by atoms with van der Waals surface area (Å²) in [6.45, 7) is 0.154. The van der Waals surface area contributed by atoms with E-state index in [1.807, 2.05) is 30.3 Å². The number of carbonyl (C=O) groups is 2. The number of halogens is 1. The van der Waals surface area contributed by atoms with Crippen LogP contribution in [0.25, 0.3) is 10.4 Å². The predicted octanol–water partition coefficient (Wildman–Crippen LogP) is 3.43. The molecule has 2 atom stereocenters. The van der Waals surface area contributed by atoms with Gasteiger partial charge in [0.2, 0.25) is 5.91 Å². The molecule has 2 amide bonds. The molecule has 1 aromatic rings. The molecule has 0 radical (unpaired) electrons. The Kier molecular flexibility index (Phi) is 6.43. The highest BCUT2D eigenvalue weighted by Crippen LogP contribution is 2.20. The maximum atomic E-state index is 12.6. The number of rotatable bonds is 7. The van der Waals surface area contributed by atoms with E-state index in [4.69, 9.17) is 10.3 Å². The number of hydrogen-bond donors (Lipinski definition) is 0. The van der Waals surface area contributed by atoms with Crippen molar-refractivity contribution < 1.29 is 14.3 Å². The van der Waals surface area contributed by atoms with Gasteiger partial charge in [-0.15, -0.1) is 0 Å². The van der Waals surface area contributed by atoms with E-state index in [2.05, 4.69) is 26.0 Å². The van der Waals surface area contributed by atoms with Gasteiger partial charge in [0.05, 0.1) is 6.04 Å². The predicted molar refractivity (Wildman–Crippen MR) is 88.1 cm³/mol. The Balaban J connectivity index is 2.14. The fourth-order valence-corrected chi connectivity index (χ4v) is 2.81. The molecule has 1 aliphatic rings. The molecule has 0 aromatic heterocycles. The zero-order valence-electron chi connectivity index (χ0n) is 12.5. The van der Waals surface area contributed by atoms with Crippen LogP contribution in [0.4, 0.5) is 4.79 Å². The second kappa shape index (κ2) is 8.55. The van der Waals surface area contributed by atoms with Gasteiger partial charge in [-0.1, -0.05) is 51.4 Å². The molecule has 1 aromatic carbocycles. The summed E-state index contributed by atoms with van der Waals surface area (Å²) in [5.41, 5.74) is 9.66. The first-order valence-electron chi connectivity index (χ1n) is 7.31. The van der Waals surface area contributed by atoms with E-state index in [1.54, 1.807) is 0 Å². The fourth-order valence-electron chi connectivity index (χ4n) is 2.49. The Labute approximate surface area is 142 Å². The van der Waals surface area contributed by atoms with Gasteiger partial charge in [0, 0.05) is 10.2 Å². The van der Waals surface area contributed by atoms with Crippen LogP contribution in [0.2, 0.25) is 0 Å². The van der Waals surface area contributed by atoms with Crippen LogP contribution in [-0.4, -0.2) is 40.9 Å².